The summed E-state index contributed by atoms with van der Waals surface area (Å²) in [5.74, 6) is -1.83. The fourth-order valence-corrected chi connectivity index (χ4v) is 3.74. The average Bonchev–Trinajstić information content (AvgIpc) is 3.01. The summed E-state index contributed by atoms with van der Waals surface area (Å²) in [5.41, 5.74) is 0.898. The van der Waals surface area contributed by atoms with Gasteiger partial charge in [0.2, 0.25) is 5.91 Å². The number of methoxy groups -OCH3 is 1. The largest absolute Gasteiger partial charge is 0.493 e. The predicted molar refractivity (Wildman–Crippen MR) is 119 cm³/mol. The number of ether oxygens (including phenoxy) is 2. The van der Waals surface area contributed by atoms with Crippen molar-refractivity contribution in [2.24, 2.45) is 0 Å². The van der Waals surface area contributed by atoms with Gasteiger partial charge in [-0.25, -0.2) is 4.79 Å². The van der Waals surface area contributed by atoms with Crippen molar-refractivity contribution in [1.29, 1.82) is 0 Å². The lowest BCUT2D eigenvalue weighted by Gasteiger charge is -2.13. The molecule has 0 bridgehead atoms. The maximum absolute atomic E-state index is 12.7. The van der Waals surface area contributed by atoms with Gasteiger partial charge in [0.1, 0.15) is 6.54 Å². The minimum absolute atomic E-state index is 0.127. The molecule has 9 nitrogen and oxygen atoms in total. The zero-order valence-electron chi connectivity index (χ0n) is 16.7. The van der Waals surface area contributed by atoms with E-state index in [9.17, 15) is 19.2 Å². The van der Waals surface area contributed by atoms with Crippen molar-refractivity contribution in [3.63, 3.8) is 0 Å². The van der Waals surface area contributed by atoms with Crippen molar-refractivity contribution >= 4 is 58.1 Å². The highest BCUT2D eigenvalue weighted by atomic mass is 35.5. The summed E-state index contributed by atoms with van der Waals surface area (Å²) in [5, 5.41) is 11.1. The summed E-state index contributed by atoms with van der Waals surface area (Å²) < 4.78 is 10.3. The van der Waals surface area contributed by atoms with Crippen LogP contribution in [0.1, 0.15) is 5.56 Å². The number of halogens is 1. The van der Waals surface area contributed by atoms with Gasteiger partial charge in [-0.2, -0.15) is 0 Å². The molecule has 0 saturated carbocycles. The van der Waals surface area contributed by atoms with Gasteiger partial charge in [-0.3, -0.25) is 19.3 Å². The molecule has 3 rings (SSSR count). The fraction of sp³-hybridized carbons (Fsp3) is 0.143. The van der Waals surface area contributed by atoms with E-state index in [1.807, 2.05) is 0 Å². The van der Waals surface area contributed by atoms with Gasteiger partial charge in [-0.1, -0.05) is 29.8 Å². The second-order valence-electron chi connectivity index (χ2n) is 6.39. The minimum atomic E-state index is -1.14. The van der Waals surface area contributed by atoms with Gasteiger partial charge >= 0.3 is 5.97 Å². The third-order valence-corrected chi connectivity index (χ3v) is 5.40. The van der Waals surface area contributed by atoms with Crippen molar-refractivity contribution in [1.82, 2.24) is 4.90 Å². The Balaban J connectivity index is 1.71. The number of carboxylic acid groups (broad SMARTS) is 1. The third-order valence-electron chi connectivity index (χ3n) is 4.16. The molecule has 166 valence electrons. The number of hydrogen-bond donors (Lipinski definition) is 2. The maximum Gasteiger partial charge on any atom is 0.341 e. The first kappa shape index (κ1) is 23.2. The van der Waals surface area contributed by atoms with Gasteiger partial charge in [0.25, 0.3) is 11.1 Å². The number of benzene rings is 2. The summed E-state index contributed by atoms with van der Waals surface area (Å²) in [4.78, 5) is 48.9. The van der Waals surface area contributed by atoms with Gasteiger partial charge in [0.05, 0.1) is 22.7 Å². The van der Waals surface area contributed by atoms with Crippen LogP contribution in [0.4, 0.5) is 10.5 Å². The Morgan fingerprint density at radius 2 is 1.94 bits per heavy atom. The van der Waals surface area contributed by atoms with E-state index in [2.05, 4.69) is 5.32 Å². The van der Waals surface area contributed by atoms with Crippen LogP contribution in [-0.2, 0) is 14.4 Å². The number of carbonyl (C=O) groups is 4. The Hall–Kier alpha value is -3.50. The number of carbonyl (C=O) groups excluding carboxylic acids is 3. The molecule has 0 unspecified atom stereocenters. The maximum atomic E-state index is 12.7. The molecule has 2 aromatic carbocycles. The Morgan fingerprint density at radius 3 is 2.62 bits per heavy atom. The molecular formula is C21H17ClN2O7S. The van der Waals surface area contributed by atoms with Gasteiger partial charge in [0.15, 0.2) is 18.1 Å². The standard InChI is InChI=1S/C21H17ClN2O7S/c1-30-16-8-12(6-7-15(16)31-11-19(26)27)9-17-20(28)24(21(29)32-17)10-18(25)23-14-5-3-2-4-13(14)22/h2-9H,10-11H2,1H3,(H,23,25)(H,26,27). The molecule has 0 atom stereocenters. The molecule has 1 saturated heterocycles. The highest BCUT2D eigenvalue weighted by molar-refractivity contribution is 8.18. The van der Waals surface area contributed by atoms with Gasteiger partial charge < -0.3 is 19.9 Å². The van der Waals surface area contributed by atoms with Crippen molar-refractivity contribution in [3.05, 3.63) is 58.0 Å². The van der Waals surface area contributed by atoms with Crippen LogP contribution >= 0.6 is 23.4 Å². The smallest absolute Gasteiger partial charge is 0.341 e. The van der Waals surface area contributed by atoms with Crippen molar-refractivity contribution < 1.29 is 33.8 Å². The summed E-state index contributed by atoms with van der Waals surface area (Å²) in [6.07, 6.45) is 1.47. The Labute approximate surface area is 191 Å². The molecule has 0 radical (unpaired) electrons. The number of thioether (sulfide) groups is 1. The van der Waals surface area contributed by atoms with E-state index in [1.54, 1.807) is 30.3 Å². The van der Waals surface area contributed by atoms with Crippen molar-refractivity contribution in [2.45, 2.75) is 0 Å². The summed E-state index contributed by atoms with van der Waals surface area (Å²) >= 11 is 6.71. The van der Waals surface area contributed by atoms with Crippen LogP contribution in [0.5, 0.6) is 11.5 Å². The van der Waals surface area contributed by atoms with E-state index in [0.29, 0.717) is 28.0 Å². The average molecular weight is 477 g/mol. The molecule has 32 heavy (non-hydrogen) atoms. The number of imide groups is 1. The highest BCUT2D eigenvalue weighted by Gasteiger charge is 2.36. The number of carboxylic acids is 1. The van der Waals surface area contributed by atoms with Crippen LogP contribution in [0, 0.1) is 0 Å². The SMILES string of the molecule is COc1cc(C=C2SC(=O)N(CC(=O)Nc3ccccc3Cl)C2=O)ccc1OCC(=O)O. The number of amides is 3. The monoisotopic (exact) mass is 476 g/mol. The molecule has 1 aliphatic rings. The van der Waals surface area contributed by atoms with Gasteiger partial charge in [0, 0.05) is 0 Å². The normalized spacial score (nSPS) is 14.6. The Kier molecular flexibility index (Phi) is 7.39. The van der Waals surface area contributed by atoms with E-state index >= 15 is 0 Å². The number of anilines is 1. The van der Waals surface area contributed by atoms with E-state index in [0.717, 1.165) is 4.90 Å². The number of rotatable bonds is 8. The second kappa shape index (κ2) is 10.2. The topological polar surface area (TPSA) is 122 Å². The third kappa shape index (κ3) is 5.59. The molecule has 1 heterocycles. The van der Waals surface area contributed by atoms with Gasteiger partial charge in [-0.15, -0.1) is 0 Å². The molecule has 1 fully saturated rings. The molecule has 0 aliphatic carbocycles. The summed E-state index contributed by atoms with van der Waals surface area (Å²) in [7, 11) is 1.39. The molecule has 2 N–H and O–H groups in total. The van der Waals surface area contributed by atoms with Crippen LogP contribution < -0.4 is 14.8 Å². The first-order valence-corrected chi connectivity index (χ1v) is 10.3. The van der Waals surface area contributed by atoms with Crippen molar-refractivity contribution in [2.75, 3.05) is 25.6 Å². The first-order valence-electron chi connectivity index (χ1n) is 9.11. The first-order chi connectivity index (χ1) is 15.3. The zero-order chi connectivity index (χ0) is 23.3. The Bertz CT molecular complexity index is 1120. The predicted octanol–water partition coefficient (Wildman–Crippen LogP) is 3.49. The number of nitrogens with one attached hydrogen (secondary N) is 1. The van der Waals surface area contributed by atoms with Crippen LogP contribution in [-0.4, -0.2) is 53.3 Å². The van der Waals surface area contributed by atoms with Crippen LogP contribution in [0.15, 0.2) is 47.4 Å². The lowest BCUT2D eigenvalue weighted by molar-refractivity contribution is -0.139. The summed E-state index contributed by atoms with van der Waals surface area (Å²) in [6, 6.07) is 11.2. The lowest BCUT2D eigenvalue weighted by atomic mass is 10.2. The van der Waals surface area contributed by atoms with E-state index < -0.39 is 36.2 Å². The Morgan fingerprint density at radius 1 is 1.19 bits per heavy atom. The second-order valence-corrected chi connectivity index (χ2v) is 7.79. The van der Waals surface area contributed by atoms with Gasteiger partial charge in [-0.05, 0) is 47.7 Å². The summed E-state index contributed by atoms with van der Waals surface area (Å²) in [6.45, 7) is -0.997. The highest BCUT2D eigenvalue weighted by Crippen LogP contribution is 2.34. The van der Waals surface area contributed by atoms with Crippen LogP contribution in [0.2, 0.25) is 5.02 Å². The molecular weight excluding hydrogens is 460 g/mol. The number of nitrogens with zero attached hydrogens (tertiary/aromatic N) is 1. The minimum Gasteiger partial charge on any atom is -0.493 e. The quantitative estimate of drug-likeness (QED) is 0.555. The number of para-hydroxylation sites is 1. The molecule has 11 heteroatoms. The molecule has 0 spiro atoms. The number of aliphatic carboxylic acids is 1. The van der Waals surface area contributed by atoms with E-state index in [4.69, 9.17) is 26.2 Å². The zero-order valence-corrected chi connectivity index (χ0v) is 18.2. The lowest BCUT2D eigenvalue weighted by Crippen LogP contribution is -2.36. The van der Waals surface area contributed by atoms with Crippen LogP contribution in [0.3, 0.4) is 0 Å². The molecule has 0 aromatic heterocycles. The van der Waals surface area contributed by atoms with Crippen LogP contribution in [0.25, 0.3) is 6.08 Å². The van der Waals surface area contributed by atoms with E-state index in [1.165, 1.54) is 25.3 Å². The fourth-order valence-electron chi connectivity index (χ4n) is 2.72. The van der Waals surface area contributed by atoms with Crippen molar-refractivity contribution in [3.8, 4) is 11.5 Å². The number of hydrogen-bond acceptors (Lipinski definition) is 7. The van der Waals surface area contributed by atoms with E-state index in [-0.39, 0.29) is 16.4 Å². The molecule has 3 amide bonds. The molecule has 2 aromatic rings. The molecule has 1 aliphatic heterocycles.